The van der Waals surface area contributed by atoms with Crippen molar-refractivity contribution in [2.45, 2.75) is 18.2 Å². The molecule has 0 aromatic carbocycles. The molecule has 5 rings (SSSR count). The summed E-state index contributed by atoms with van der Waals surface area (Å²) < 4.78 is 42.5. The van der Waals surface area contributed by atoms with Crippen LogP contribution in [0.25, 0.3) is 28.2 Å². The number of piperazine rings is 1. The quantitative estimate of drug-likeness (QED) is 0.270. The van der Waals surface area contributed by atoms with E-state index in [1.807, 2.05) is 20.0 Å². The summed E-state index contributed by atoms with van der Waals surface area (Å²) in [6.45, 7) is 4.42. The van der Waals surface area contributed by atoms with Crippen molar-refractivity contribution in [2.75, 3.05) is 53.6 Å². The molecule has 0 atom stereocenters. The van der Waals surface area contributed by atoms with Gasteiger partial charge in [-0.25, -0.2) is 28.1 Å². The zero-order valence-corrected chi connectivity index (χ0v) is 23.8. The molecule has 0 amide bonds. The van der Waals surface area contributed by atoms with Gasteiger partial charge in [0.05, 0.1) is 24.1 Å². The predicted octanol–water partition coefficient (Wildman–Crippen LogP) is 1.10. The standard InChI is InChI=1S/C26H32N8O5S/c1-5-20-22-23(30-34(20)21-8-6-7-9-27-21)26(35)32(3)24(29-22)19-16-18(17-28-25(19)39-15-14-38-4)40(36,37)33-12-10-31(2)11-13-33/h6-9,16-17H,5,10-15H2,1-4H3. The Labute approximate surface area is 232 Å². The van der Waals surface area contributed by atoms with Crippen molar-refractivity contribution >= 4 is 21.1 Å². The molecule has 212 valence electrons. The van der Waals surface area contributed by atoms with Gasteiger partial charge in [0.25, 0.3) is 5.56 Å². The molecule has 13 nitrogen and oxygen atoms in total. The van der Waals surface area contributed by atoms with E-state index in [4.69, 9.17) is 14.5 Å². The largest absolute Gasteiger partial charge is 0.475 e. The van der Waals surface area contributed by atoms with Gasteiger partial charge in [-0.05, 0) is 31.7 Å². The fraction of sp³-hybridized carbons (Fsp3) is 0.423. The smallest absolute Gasteiger partial charge is 0.281 e. The van der Waals surface area contributed by atoms with E-state index in [9.17, 15) is 13.2 Å². The van der Waals surface area contributed by atoms with Gasteiger partial charge in [0.15, 0.2) is 11.3 Å². The highest BCUT2D eigenvalue weighted by molar-refractivity contribution is 7.89. The molecule has 0 aliphatic carbocycles. The molecule has 1 aliphatic rings. The predicted molar refractivity (Wildman–Crippen MR) is 148 cm³/mol. The molecule has 0 unspecified atom stereocenters. The molecule has 4 aromatic heterocycles. The molecule has 4 aromatic rings. The Bertz CT molecular complexity index is 1680. The number of aromatic nitrogens is 6. The zero-order chi connectivity index (χ0) is 28.4. The number of ether oxygens (including phenoxy) is 2. The maximum absolute atomic E-state index is 13.6. The van der Waals surface area contributed by atoms with Crippen LogP contribution < -0.4 is 10.3 Å². The maximum Gasteiger partial charge on any atom is 0.281 e. The Morgan fingerprint density at radius 2 is 1.80 bits per heavy atom. The van der Waals surface area contributed by atoms with Crippen molar-refractivity contribution in [3.05, 3.63) is 52.7 Å². The average molecular weight is 569 g/mol. The van der Waals surface area contributed by atoms with E-state index >= 15 is 0 Å². The third kappa shape index (κ3) is 5.10. The van der Waals surface area contributed by atoms with Crippen LogP contribution in [0.1, 0.15) is 12.6 Å². The molecule has 0 spiro atoms. The molecule has 0 saturated carbocycles. The summed E-state index contributed by atoms with van der Waals surface area (Å²) in [5.74, 6) is 0.918. The van der Waals surface area contributed by atoms with E-state index < -0.39 is 10.0 Å². The van der Waals surface area contributed by atoms with Crippen LogP contribution in [0.2, 0.25) is 0 Å². The van der Waals surface area contributed by atoms with Crippen LogP contribution in [-0.2, 0) is 28.2 Å². The normalized spacial score (nSPS) is 15.1. The van der Waals surface area contributed by atoms with Crippen LogP contribution in [0.3, 0.4) is 0 Å². The van der Waals surface area contributed by atoms with E-state index in [2.05, 4.69) is 20.0 Å². The molecule has 5 heterocycles. The Hall–Kier alpha value is -3.72. The minimum Gasteiger partial charge on any atom is -0.475 e. The second-order valence-corrected chi connectivity index (χ2v) is 11.4. The number of likely N-dealkylation sites (N-methyl/N-ethyl adjacent to an activating group) is 1. The summed E-state index contributed by atoms with van der Waals surface area (Å²) in [5, 5.41) is 4.54. The minimum atomic E-state index is -3.84. The van der Waals surface area contributed by atoms with E-state index in [1.54, 1.807) is 37.2 Å². The van der Waals surface area contributed by atoms with E-state index in [0.29, 0.717) is 56.2 Å². The summed E-state index contributed by atoms with van der Waals surface area (Å²) in [5.41, 5.74) is 1.18. The van der Waals surface area contributed by atoms with Crippen LogP contribution in [0.15, 0.2) is 46.3 Å². The molecule has 1 fully saturated rings. The van der Waals surface area contributed by atoms with Crippen molar-refractivity contribution in [3.63, 3.8) is 0 Å². The van der Waals surface area contributed by atoms with E-state index in [-0.39, 0.29) is 39.8 Å². The number of rotatable bonds is 9. The van der Waals surface area contributed by atoms with Crippen molar-refractivity contribution in [3.8, 4) is 23.1 Å². The number of fused-ring (bicyclic) bond motifs is 1. The first-order valence-corrected chi connectivity index (χ1v) is 14.4. The Morgan fingerprint density at radius 3 is 2.48 bits per heavy atom. The van der Waals surface area contributed by atoms with Crippen LogP contribution in [0, 0.1) is 0 Å². The first-order chi connectivity index (χ1) is 19.3. The van der Waals surface area contributed by atoms with Gasteiger partial charge >= 0.3 is 0 Å². The third-order valence-corrected chi connectivity index (χ3v) is 8.75. The summed E-state index contributed by atoms with van der Waals surface area (Å²) in [7, 11) is 1.23. The third-order valence-electron chi connectivity index (χ3n) is 6.89. The molecule has 1 aliphatic heterocycles. The Morgan fingerprint density at radius 1 is 1.02 bits per heavy atom. The molecule has 1 saturated heterocycles. The van der Waals surface area contributed by atoms with Crippen LogP contribution in [0.5, 0.6) is 5.88 Å². The molecule has 0 bridgehead atoms. The molecule has 0 radical (unpaired) electrons. The highest BCUT2D eigenvalue weighted by atomic mass is 32.2. The SMILES string of the molecule is CCc1c2nc(-c3cc(S(=O)(=O)N4CCN(C)CC4)cnc3OCCOC)n(C)c(=O)c2nn1-c1ccccn1. The molecule has 40 heavy (non-hydrogen) atoms. The van der Waals surface area contributed by atoms with Crippen LogP contribution >= 0.6 is 0 Å². The number of sulfonamides is 1. The lowest BCUT2D eigenvalue weighted by molar-refractivity contribution is 0.144. The van der Waals surface area contributed by atoms with Gasteiger partial charge in [0, 0.05) is 46.5 Å². The highest BCUT2D eigenvalue weighted by Crippen LogP contribution is 2.31. The van der Waals surface area contributed by atoms with Crippen molar-refractivity contribution in [2.24, 2.45) is 7.05 Å². The van der Waals surface area contributed by atoms with E-state index in [0.717, 1.165) is 0 Å². The van der Waals surface area contributed by atoms with Crippen LogP contribution in [-0.4, -0.2) is 100 Å². The molecule has 0 N–H and O–H groups in total. The number of nitrogens with zero attached hydrogens (tertiary/aromatic N) is 8. The zero-order valence-electron chi connectivity index (χ0n) is 22.9. The first kappa shape index (κ1) is 27.8. The summed E-state index contributed by atoms with van der Waals surface area (Å²) in [6.07, 6.45) is 3.46. The first-order valence-electron chi connectivity index (χ1n) is 13.0. The Balaban J connectivity index is 1.69. The lowest BCUT2D eigenvalue weighted by Crippen LogP contribution is -2.47. The van der Waals surface area contributed by atoms with Gasteiger partial charge in [-0.15, -0.1) is 0 Å². The van der Waals surface area contributed by atoms with Crippen LogP contribution in [0.4, 0.5) is 0 Å². The highest BCUT2D eigenvalue weighted by Gasteiger charge is 2.30. The topological polar surface area (TPSA) is 138 Å². The van der Waals surface area contributed by atoms with Gasteiger partial charge in [0.2, 0.25) is 15.9 Å². The van der Waals surface area contributed by atoms with Gasteiger partial charge in [-0.3, -0.25) is 9.36 Å². The Kier molecular flexibility index (Phi) is 7.94. The van der Waals surface area contributed by atoms with Gasteiger partial charge in [-0.2, -0.15) is 9.40 Å². The van der Waals surface area contributed by atoms with Gasteiger partial charge in [-0.1, -0.05) is 13.0 Å². The second kappa shape index (κ2) is 11.4. The fourth-order valence-corrected chi connectivity index (χ4v) is 6.01. The monoisotopic (exact) mass is 568 g/mol. The van der Waals surface area contributed by atoms with Crippen molar-refractivity contribution in [1.82, 2.24) is 38.5 Å². The van der Waals surface area contributed by atoms with E-state index in [1.165, 1.54) is 21.1 Å². The number of aryl methyl sites for hydroxylation is 1. The number of hydrogen-bond acceptors (Lipinski definition) is 10. The molecular formula is C26H32N8O5S. The fourth-order valence-electron chi connectivity index (χ4n) is 4.62. The average Bonchev–Trinajstić information content (AvgIpc) is 3.34. The molecular weight excluding hydrogens is 536 g/mol. The summed E-state index contributed by atoms with van der Waals surface area (Å²) in [4.78, 5) is 29.2. The minimum absolute atomic E-state index is 0.000358. The second-order valence-electron chi connectivity index (χ2n) is 9.47. The van der Waals surface area contributed by atoms with Crippen molar-refractivity contribution in [1.29, 1.82) is 0 Å². The number of pyridine rings is 2. The number of hydrogen-bond donors (Lipinski definition) is 0. The number of methoxy groups -OCH3 is 1. The van der Waals surface area contributed by atoms with Crippen molar-refractivity contribution < 1.29 is 17.9 Å². The lowest BCUT2D eigenvalue weighted by Gasteiger charge is -2.31. The summed E-state index contributed by atoms with van der Waals surface area (Å²) in [6, 6.07) is 6.92. The molecule has 14 heteroatoms. The maximum atomic E-state index is 13.6. The summed E-state index contributed by atoms with van der Waals surface area (Å²) >= 11 is 0. The lowest BCUT2D eigenvalue weighted by atomic mass is 10.2. The van der Waals surface area contributed by atoms with Gasteiger partial charge < -0.3 is 14.4 Å². The van der Waals surface area contributed by atoms with Gasteiger partial charge in [0.1, 0.15) is 22.8 Å².